The molecule has 2 aromatic carbocycles. The molecule has 0 saturated heterocycles. The zero-order valence-corrected chi connectivity index (χ0v) is 16.0. The Morgan fingerprint density at radius 2 is 2.00 bits per heavy atom. The Bertz CT molecular complexity index is 954. The molecule has 0 fully saturated rings. The van der Waals surface area contributed by atoms with E-state index in [1.807, 2.05) is 42.5 Å². The molecule has 0 radical (unpaired) electrons. The lowest BCUT2D eigenvalue weighted by molar-refractivity contribution is -0.142. The summed E-state index contributed by atoms with van der Waals surface area (Å²) in [6.45, 7) is 1.90. The number of rotatable bonds is 8. The van der Waals surface area contributed by atoms with E-state index < -0.39 is 6.10 Å². The van der Waals surface area contributed by atoms with Gasteiger partial charge in [-0.15, -0.1) is 0 Å². The van der Waals surface area contributed by atoms with Crippen LogP contribution in [-0.2, 0) is 22.4 Å². The number of fused-ring (bicyclic) bond motifs is 1. The Balaban J connectivity index is 2.03. The van der Waals surface area contributed by atoms with Gasteiger partial charge in [0.05, 0.1) is 31.3 Å². The first-order chi connectivity index (χ1) is 13.6. The third kappa shape index (κ3) is 4.74. The van der Waals surface area contributed by atoms with Gasteiger partial charge in [0, 0.05) is 11.6 Å². The molecule has 0 amide bonds. The number of aromatic nitrogens is 1. The van der Waals surface area contributed by atoms with Crippen LogP contribution in [0.2, 0.25) is 0 Å². The number of para-hydroxylation sites is 1. The summed E-state index contributed by atoms with van der Waals surface area (Å²) in [4.78, 5) is 16.6. The maximum Gasteiger partial charge on any atom is 0.310 e. The lowest BCUT2D eigenvalue weighted by atomic mass is 9.93. The van der Waals surface area contributed by atoms with Gasteiger partial charge in [-0.3, -0.25) is 9.78 Å². The molecule has 1 heterocycles. The van der Waals surface area contributed by atoms with Gasteiger partial charge >= 0.3 is 5.97 Å². The molecule has 5 nitrogen and oxygen atoms in total. The highest BCUT2D eigenvalue weighted by Gasteiger charge is 2.15. The van der Waals surface area contributed by atoms with Crippen LogP contribution in [0.25, 0.3) is 22.0 Å². The van der Waals surface area contributed by atoms with Gasteiger partial charge in [-0.2, -0.15) is 0 Å². The third-order valence-corrected chi connectivity index (χ3v) is 4.69. The minimum absolute atomic E-state index is 0.161. The molecule has 28 heavy (non-hydrogen) atoms. The van der Waals surface area contributed by atoms with Gasteiger partial charge in [0.25, 0.3) is 0 Å². The second-order valence-electron chi connectivity index (χ2n) is 6.73. The predicted octanol–water partition coefficient (Wildman–Crippen LogP) is 3.29. The maximum absolute atomic E-state index is 12.1. The Morgan fingerprint density at radius 3 is 2.79 bits per heavy atom. The number of ether oxygens (including phenoxy) is 1. The van der Waals surface area contributed by atoms with Gasteiger partial charge in [-0.05, 0) is 48.1 Å². The standard InChI is InChI=1S/C23H25NO4/c1-2-28-22(27)13-18-14-24-21-9-4-3-8-20(21)23(18)17-7-5-6-16(12-17)10-11-19(26)15-25/h3-9,12,14,19,25-26H,2,10-11,13,15H2,1H3. The van der Waals surface area contributed by atoms with Crippen molar-refractivity contribution in [3.63, 3.8) is 0 Å². The largest absolute Gasteiger partial charge is 0.466 e. The first-order valence-corrected chi connectivity index (χ1v) is 9.52. The number of aryl methyl sites for hydroxylation is 1. The summed E-state index contributed by atoms with van der Waals surface area (Å²) in [6, 6.07) is 15.9. The molecule has 0 bridgehead atoms. The van der Waals surface area contributed by atoms with Gasteiger partial charge in [0.2, 0.25) is 0 Å². The summed E-state index contributed by atoms with van der Waals surface area (Å²) in [7, 11) is 0. The van der Waals surface area contributed by atoms with Gasteiger partial charge in [-0.25, -0.2) is 0 Å². The van der Waals surface area contributed by atoms with Gasteiger partial charge in [-0.1, -0.05) is 42.5 Å². The molecule has 1 aromatic heterocycles. The summed E-state index contributed by atoms with van der Waals surface area (Å²) in [5, 5.41) is 19.6. The Kier molecular flexibility index (Phi) is 6.74. The molecular formula is C23H25NO4. The molecule has 0 aliphatic carbocycles. The molecule has 2 N–H and O–H groups in total. The van der Waals surface area contributed by atoms with E-state index in [-0.39, 0.29) is 19.0 Å². The van der Waals surface area contributed by atoms with Crippen LogP contribution >= 0.6 is 0 Å². The molecule has 3 aromatic rings. The topological polar surface area (TPSA) is 79.7 Å². The van der Waals surface area contributed by atoms with Crippen LogP contribution < -0.4 is 0 Å². The van der Waals surface area contributed by atoms with Crippen LogP contribution in [0, 0.1) is 0 Å². The molecule has 1 unspecified atom stereocenters. The number of benzene rings is 2. The average molecular weight is 379 g/mol. The van der Waals surface area contributed by atoms with Crippen molar-refractivity contribution in [3.05, 3.63) is 65.9 Å². The zero-order chi connectivity index (χ0) is 19.9. The number of aliphatic hydroxyl groups excluding tert-OH is 2. The highest BCUT2D eigenvalue weighted by molar-refractivity contribution is 5.97. The van der Waals surface area contributed by atoms with Crippen molar-refractivity contribution >= 4 is 16.9 Å². The molecule has 0 spiro atoms. The molecule has 3 rings (SSSR count). The zero-order valence-electron chi connectivity index (χ0n) is 16.0. The number of hydrogen-bond donors (Lipinski definition) is 2. The fraction of sp³-hybridized carbons (Fsp3) is 0.304. The highest BCUT2D eigenvalue weighted by Crippen LogP contribution is 2.32. The van der Waals surface area contributed by atoms with Crippen molar-refractivity contribution in [1.82, 2.24) is 4.98 Å². The molecule has 5 heteroatoms. The van der Waals surface area contributed by atoms with Crippen molar-refractivity contribution in [2.45, 2.75) is 32.3 Å². The average Bonchev–Trinajstić information content (AvgIpc) is 2.72. The quantitative estimate of drug-likeness (QED) is 0.587. The normalized spacial score (nSPS) is 12.1. The minimum atomic E-state index is -0.718. The Labute approximate surface area is 164 Å². The van der Waals surface area contributed by atoms with E-state index in [2.05, 4.69) is 11.1 Å². The summed E-state index contributed by atoms with van der Waals surface area (Å²) in [5.74, 6) is -0.275. The van der Waals surface area contributed by atoms with Crippen molar-refractivity contribution in [3.8, 4) is 11.1 Å². The van der Waals surface area contributed by atoms with E-state index in [9.17, 15) is 9.90 Å². The van der Waals surface area contributed by atoms with E-state index in [1.54, 1.807) is 13.1 Å². The second-order valence-corrected chi connectivity index (χ2v) is 6.73. The van der Waals surface area contributed by atoms with E-state index in [0.29, 0.717) is 19.4 Å². The molecular weight excluding hydrogens is 354 g/mol. The Morgan fingerprint density at radius 1 is 1.18 bits per heavy atom. The molecule has 0 saturated carbocycles. The van der Waals surface area contributed by atoms with Crippen LogP contribution in [0.3, 0.4) is 0 Å². The van der Waals surface area contributed by atoms with Gasteiger partial charge in [0.15, 0.2) is 0 Å². The number of carbonyl (C=O) groups is 1. The minimum Gasteiger partial charge on any atom is -0.466 e. The number of carbonyl (C=O) groups excluding carboxylic acids is 1. The predicted molar refractivity (Wildman–Crippen MR) is 109 cm³/mol. The summed E-state index contributed by atoms with van der Waals surface area (Å²) < 4.78 is 5.13. The fourth-order valence-electron chi connectivity index (χ4n) is 3.33. The van der Waals surface area contributed by atoms with E-state index in [0.717, 1.165) is 33.2 Å². The SMILES string of the molecule is CCOC(=O)Cc1cnc2ccccc2c1-c1cccc(CCC(O)CO)c1. The van der Waals surface area contributed by atoms with Crippen molar-refractivity contribution < 1.29 is 19.7 Å². The first kappa shape index (κ1) is 20.0. The monoisotopic (exact) mass is 379 g/mol. The second kappa shape index (κ2) is 9.44. The lowest BCUT2D eigenvalue weighted by Crippen LogP contribution is -2.12. The fourth-order valence-corrected chi connectivity index (χ4v) is 3.33. The van der Waals surface area contributed by atoms with Gasteiger partial charge in [0.1, 0.15) is 0 Å². The molecule has 1 atom stereocenters. The molecule has 0 aliphatic heterocycles. The number of hydrogen-bond acceptors (Lipinski definition) is 5. The maximum atomic E-state index is 12.1. The van der Waals surface area contributed by atoms with Crippen LogP contribution in [0.4, 0.5) is 0 Å². The summed E-state index contributed by atoms with van der Waals surface area (Å²) >= 11 is 0. The number of nitrogens with zero attached hydrogens (tertiary/aromatic N) is 1. The van der Waals surface area contributed by atoms with Crippen LogP contribution in [0.15, 0.2) is 54.7 Å². The highest BCUT2D eigenvalue weighted by atomic mass is 16.5. The van der Waals surface area contributed by atoms with E-state index in [1.165, 1.54) is 0 Å². The number of pyridine rings is 1. The number of esters is 1. The van der Waals surface area contributed by atoms with E-state index >= 15 is 0 Å². The molecule has 0 aliphatic rings. The number of aliphatic hydroxyl groups is 2. The Hall–Kier alpha value is -2.76. The van der Waals surface area contributed by atoms with Gasteiger partial charge < -0.3 is 14.9 Å². The first-order valence-electron chi connectivity index (χ1n) is 9.52. The lowest BCUT2D eigenvalue weighted by Gasteiger charge is -2.14. The van der Waals surface area contributed by atoms with Crippen molar-refractivity contribution in [2.75, 3.05) is 13.2 Å². The van der Waals surface area contributed by atoms with E-state index in [4.69, 9.17) is 9.84 Å². The molecule has 146 valence electrons. The van der Waals surface area contributed by atoms with Crippen LogP contribution in [-0.4, -0.2) is 40.5 Å². The smallest absolute Gasteiger partial charge is 0.310 e. The summed E-state index contributed by atoms with van der Waals surface area (Å²) in [6.07, 6.45) is 2.34. The van der Waals surface area contributed by atoms with Crippen molar-refractivity contribution in [2.24, 2.45) is 0 Å². The van der Waals surface area contributed by atoms with Crippen molar-refractivity contribution in [1.29, 1.82) is 0 Å². The van der Waals surface area contributed by atoms with Crippen LogP contribution in [0.1, 0.15) is 24.5 Å². The third-order valence-electron chi connectivity index (χ3n) is 4.69. The van der Waals surface area contributed by atoms with Crippen LogP contribution in [0.5, 0.6) is 0 Å². The summed E-state index contributed by atoms with van der Waals surface area (Å²) in [5.41, 5.74) is 4.72.